The molecule has 0 heterocycles. The van der Waals surface area contributed by atoms with Crippen LogP contribution in [0.3, 0.4) is 0 Å². The predicted octanol–water partition coefficient (Wildman–Crippen LogP) is 1.29. The smallest absolute Gasteiger partial charge is 0.855 e. The average molecular weight is 297 g/mol. The van der Waals surface area contributed by atoms with Gasteiger partial charge in [0.2, 0.25) is 0 Å². The van der Waals surface area contributed by atoms with E-state index >= 15 is 0 Å². The minimum Gasteiger partial charge on any atom is -0.855 e. The first kappa shape index (κ1) is 18.0. The Kier molecular flexibility index (Phi) is 14.3. The van der Waals surface area contributed by atoms with Gasteiger partial charge in [0.15, 0.2) is 0 Å². The topological polar surface area (TPSA) is 46.1 Å². The fraction of sp³-hybridized carbons (Fsp3) is 0.308. The van der Waals surface area contributed by atoms with Crippen LogP contribution in [-0.4, -0.2) is 13.2 Å². The molecule has 0 N–H and O–H groups in total. The molecule has 85 valence electrons. The van der Waals surface area contributed by atoms with Crippen LogP contribution >= 0.6 is 0 Å². The van der Waals surface area contributed by atoms with Gasteiger partial charge in [-0.25, -0.2) is 0 Å². The van der Waals surface area contributed by atoms with Gasteiger partial charge in [0.25, 0.3) is 0 Å². The molecule has 0 bridgehead atoms. The second-order valence-corrected chi connectivity index (χ2v) is 2.73. The summed E-state index contributed by atoms with van der Waals surface area (Å²) in [7, 11) is 0. The third-order valence-corrected chi connectivity index (χ3v) is 1.55. The molecule has 2 rings (SSSR count). The van der Waals surface area contributed by atoms with E-state index in [9.17, 15) is 0 Å². The van der Waals surface area contributed by atoms with Crippen molar-refractivity contribution in [3.05, 3.63) is 42.5 Å². The molecule has 0 amide bonds. The van der Waals surface area contributed by atoms with E-state index in [1.54, 1.807) is 13.8 Å². The summed E-state index contributed by atoms with van der Waals surface area (Å²) in [5.74, 6) is 0. The number of hydrogen-bond donors (Lipinski definition) is 0. The average Bonchev–Trinajstić information content (AvgIpc) is 2.67. The van der Waals surface area contributed by atoms with E-state index < -0.39 is 0 Å². The Morgan fingerprint density at radius 2 is 1.50 bits per heavy atom. The van der Waals surface area contributed by atoms with Crippen molar-refractivity contribution in [2.24, 2.45) is 0 Å². The molecule has 0 spiro atoms. The van der Waals surface area contributed by atoms with Gasteiger partial charge in [0.05, 0.1) is 0 Å². The summed E-state index contributed by atoms with van der Waals surface area (Å²) in [6.45, 7) is 3.14. The Morgan fingerprint density at radius 3 is 2.00 bits per heavy atom. The van der Waals surface area contributed by atoms with Crippen LogP contribution in [0.5, 0.6) is 0 Å². The summed E-state index contributed by atoms with van der Waals surface area (Å²) in [5, 5.41) is 20.5. The quantitative estimate of drug-likeness (QED) is 0.688. The minimum atomic E-state index is 0. The molecule has 16 heavy (non-hydrogen) atoms. The molecule has 0 saturated heterocycles. The van der Waals surface area contributed by atoms with Crippen molar-refractivity contribution in [2.45, 2.75) is 13.8 Å². The number of rotatable bonds is 0. The molecule has 0 aliphatic rings. The van der Waals surface area contributed by atoms with Gasteiger partial charge in [-0.1, -0.05) is 19.9 Å². The maximum atomic E-state index is 8.93. The fourth-order valence-corrected chi connectivity index (χ4v) is 1.07. The third kappa shape index (κ3) is 7.86. The van der Waals surface area contributed by atoms with Gasteiger partial charge in [-0.15, -0.1) is 42.9 Å². The zero-order valence-corrected chi connectivity index (χ0v) is 12.2. The zero-order valence-electron chi connectivity index (χ0n) is 9.77. The van der Waals surface area contributed by atoms with Gasteiger partial charge < -0.3 is 10.2 Å². The van der Waals surface area contributed by atoms with Crippen LogP contribution in [0.2, 0.25) is 0 Å². The van der Waals surface area contributed by atoms with E-state index in [0.717, 1.165) is 0 Å². The Labute approximate surface area is 116 Å². The van der Waals surface area contributed by atoms with Gasteiger partial charge in [-0.2, -0.15) is 17.5 Å². The summed E-state index contributed by atoms with van der Waals surface area (Å²) in [6.07, 6.45) is 0. The number of hydrogen-bond acceptors (Lipinski definition) is 2. The largest absolute Gasteiger partial charge is 3.00 e. The van der Waals surface area contributed by atoms with Gasteiger partial charge in [0, 0.05) is 0 Å². The molecule has 2 aromatic carbocycles. The minimum absolute atomic E-state index is 0. The van der Waals surface area contributed by atoms with Crippen LogP contribution < -0.4 is 10.2 Å². The molecule has 0 unspecified atom stereocenters. The van der Waals surface area contributed by atoms with Crippen LogP contribution in [0.1, 0.15) is 13.8 Å². The van der Waals surface area contributed by atoms with E-state index in [2.05, 4.69) is 42.5 Å². The molecule has 1 radical (unpaired) electrons. The summed E-state index contributed by atoms with van der Waals surface area (Å²) >= 11 is 0. The first-order valence-electron chi connectivity index (χ1n) is 5.06. The molecule has 2 aromatic rings. The van der Waals surface area contributed by atoms with Gasteiger partial charge in [-0.3, -0.25) is 0 Å². The maximum Gasteiger partial charge on any atom is 3.00 e. The molecule has 0 aliphatic heterocycles. The van der Waals surface area contributed by atoms with Gasteiger partial charge >= 0.3 is 26.2 Å². The summed E-state index contributed by atoms with van der Waals surface area (Å²) in [5.41, 5.74) is 0. The van der Waals surface area contributed by atoms with E-state index in [1.165, 1.54) is 10.8 Å². The Bertz CT molecular complexity index is 312. The molecular weight excluding hydrogens is 279 g/mol. The van der Waals surface area contributed by atoms with E-state index in [-0.39, 0.29) is 39.4 Å². The second kappa shape index (κ2) is 12.7. The van der Waals surface area contributed by atoms with Gasteiger partial charge in [-0.05, 0) is 0 Å². The molecule has 0 saturated carbocycles. The Hall–Kier alpha value is -0.367. The Morgan fingerprint density at radius 1 is 1.00 bits per heavy atom. The molecule has 2 nitrogen and oxygen atoms in total. The third-order valence-electron chi connectivity index (χ3n) is 1.55. The van der Waals surface area contributed by atoms with Crippen molar-refractivity contribution in [1.82, 2.24) is 0 Å². The monoisotopic (exact) mass is 295 g/mol. The van der Waals surface area contributed by atoms with Crippen molar-refractivity contribution in [3.8, 4) is 0 Å². The number of benzene rings is 1. The van der Waals surface area contributed by atoms with Crippen LogP contribution in [0.4, 0.5) is 0 Å². The summed E-state index contributed by atoms with van der Waals surface area (Å²) in [6, 6.07) is 14.7. The normalized spacial score (nSPS) is 8.00. The first-order chi connectivity index (χ1) is 7.29. The first-order valence-corrected chi connectivity index (χ1v) is 5.06. The van der Waals surface area contributed by atoms with Crippen LogP contribution in [-0.2, 0) is 26.2 Å². The van der Waals surface area contributed by atoms with E-state index in [4.69, 9.17) is 10.2 Å². The molecule has 0 atom stereocenters. The van der Waals surface area contributed by atoms with Crippen molar-refractivity contribution >= 4 is 10.8 Å². The fourth-order valence-electron chi connectivity index (χ4n) is 1.07. The summed E-state index contributed by atoms with van der Waals surface area (Å²) in [4.78, 5) is 0. The number of fused-ring (bicyclic) bond motifs is 1. The maximum absolute atomic E-state index is 8.93. The zero-order chi connectivity index (χ0) is 11.5. The van der Waals surface area contributed by atoms with E-state index in [1.807, 2.05) is 0 Å². The SMILES string of the molecule is CC[O-].CC[O-].[Zr+3].c1ccc2[cH-]ccc2c1. The van der Waals surface area contributed by atoms with Crippen molar-refractivity contribution in [2.75, 3.05) is 13.2 Å². The van der Waals surface area contributed by atoms with Crippen molar-refractivity contribution in [3.63, 3.8) is 0 Å². The molecule has 0 fully saturated rings. The molecule has 3 heteroatoms. The standard InChI is InChI=1S/C9H7.2C2H5O.Zr/c1-2-5-9-7-3-6-8(9)4-1;2*1-2-3;/h1-7H;2*2H2,1H3;/q3*-1;+3. The van der Waals surface area contributed by atoms with E-state index in [0.29, 0.717) is 0 Å². The van der Waals surface area contributed by atoms with Gasteiger partial charge in [0.1, 0.15) is 0 Å². The molecule has 0 aromatic heterocycles. The summed E-state index contributed by atoms with van der Waals surface area (Å²) < 4.78 is 0. The van der Waals surface area contributed by atoms with Crippen LogP contribution in [0.15, 0.2) is 42.5 Å². The molecule has 0 aliphatic carbocycles. The van der Waals surface area contributed by atoms with Crippen molar-refractivity contribution in [1.29, 1.82) is 0 Å². The second-order valence-electron chi connectivity index (χ2n) is 2.73. The van der Waals surface area contributed by atoms with Crippen LogP contribution in [0, 0.1) is 0 Å². The predicted molar refractivity (Wildman–Crippen MR) is 60.6 cm³/mol. The van der Waals surface area contributed by atoms with Crippen LogP contribution in [0.25, 0.3) is 10.8 Å². The van der Waals surface area contributed by atoms with Crippen molar-refractivity contribution < 1.29 is 36.4 Å². The molecular formula is C13H17O2Zr. The Balaban J connectivity index is 0.